The van der Waals surface area contributed by atoms with Gasteiger partial charge >= 0.3 is 0 Å². The van der Waals surface area contributed by atoms with Crippen molar-refractivity contribution in [1.82, 2.24) is 5.32 Å². The molecule has 0 saturated carbocycles. The number of nitrogens with one attached hydrogen (secondary N) is 1. The Bertz CT molecular complexity index is 437. The van der Waals surface area contributed by atoms with Crippen molar-refractivity contribution >= 4 is 5.69 Å². The maximum absolute atomic E-state index is 13.9. The highest BCUT2D eigenvalue weighted by atomic mass is 19.1. The molecule has 1 saturated heterocycles. The third-order valence-electron chi connectivity index (χ3n) is 3.84. The molecule has 1 heterocycles. The smallest absolute Gasteiger partial charge is 0.125 e. The Morgan fingerprint density at radius 2 is 2.19 bits per heavy atom. The Morgan fingerprint density at radius 1 is 1.33 bits per heavy atom. The number of piperidine rings is 1. The molecule has 0 radical (unpaired) electrons. The molecular weight excluding hydrogens is 267 g/mol. The van der Waals surface area contributed by atoms with Crippen LogP contribution < -0.4 is 10.2 Å². The highest BCUT2D eigenvalue weighted by molar-refractivity contribution is 5.49. The Morgan fingerprint density at radius 3 is 2.95 bits per heavy atom. The van der Waals surface area contributed by atoms with Crippen molar-refractivity contribution in [2.45, 2.75) is 45.8 Å². The van der Waals surface area contributed by atoms with E-state index in [0.717, 1.165) is 63.3 Å². The number of rotatable bonds is 7. The van der Waals surface area contributed by atoms with Gasteiger partial charge in [-0.3, -0.25) is 0 Å². The maximum Gasteiger partial charge on any atom is 0.125 e. The number of benzene rings is 1. The molecule has 4 heteroatoms. The predicted octanol–water partition coefficient (Wildman–Crippen LogP) is 3.33. The first-order valence-corrected chi connectivity index (χ1v) is 8.09. The largest absolute Gasteiger partial charge is 0.377 e. The third kappa shape index (κ3) is 4.97. The first-order chi connectivity index (χ1) is 10.2. The van der Waals surface area contributed by atoms with Crippen LogP contribution in [0.2, 0.25) is 0 Å². The van der Waals surface area contributed by atoms with E-state index in [2.05, 4.69) is 23.2 Å². The first kappa shape index (κ1) is 16.2. The van der Waals surface area contributed by atoms with Crippen molar-refractivity contribution in [3.63, 3.8) is 0 Å². The number of anilines is 1. The molecule has 118 valence electrons. The zero-order valence-corrected chi connectivity index (χ0v) is 13.2. The lowest BCUT2D eigenvalue weighted by molar-refractivity contribution is 0.0526. The highest BCUT2D eigenvalue weighted by Crippen LogP contribution is 2.23. The monoisotopic (exact) mass is 294 g/mol. The van der Waals surface area contributed by atoms with Gasteiger partial charge in [-0.05, 0) is 56.5 Å². The summed E-state index contributed by atoms with van der Waals surface area (Å²) in [6.07, 6.45) is 3.56. The van der Waals surface area contributed by atoms with Crippen LogP contribution in [0.1, 0.15) is 38.7 Å². The molecule has 21 heavy (non-hydrogen) atoms. The van der Waals surface area contributed by atoms with E-state index >= 15 is 0 Å². The lowest BCUT2D eigenvalue weighted by atomic mass is 10.1. The van der Waals surface area contributed by atoms with E-state index in [-0.39, 0.29) is 11.9 Å². The molecule has 0 amide bonds. The summed E-state index contributed by atoms with van der Waals surface area (Å²) in [7, 11) is 0. The molecular formula is C17H27FN2O. The molecule has 1 aliphatic heterocycles. The summed E-state index contributed by atoms with van der Waals surface area (Å²) in [6.45, 7) is 8.43. The minimum absolute atomic E-state index is 0.153. The average molecular weight is 294 g/mol. The van der Waals surface area contributed by atoms with Gasteiger partial charge in [-0.25, -0.2) is 4.39 Å². The Balaban J connectivity index is 2.04. The van der Waals surface area contributed by atoms with E-state index in [1.165, 1.54) is 0 Å². The Kier molecular flexibility index (Phi) is 6.46. The molecule has 3 nitrogen and oxygen atoms in total. The van der Waals surface area contributed by atoms with Gasteiger partial charge in [0.05, 0.1) is 6.10 Å². The van der Waals surface area contributed by atoms with Gasteiger partial charge < -0.3 is 15.0 Å². The van der Waals surface area contributed by atoms with Gasteiger partial charge in [-0.15, -0.1) is 0 Å². The van der Waals surface area contributed by atoms with E-state index in [9.17, 15) is 4.39 Å². The van der Waals surface area contributed by atoms with E-state index in [4.69, 9.17) is 4.74 Å². The lowest BCUT2D eigenvalue weighted by Gasteiger charge is -2.34. The fourth-order valence-corrected chi connectivity index (χ4v) is 2.87. The fraction of sp³-hybridized carbons (Fsp3) is 0.647. The number of nitrogens with zero attached hydrogens (tertiary/aromatic N) is 1. The summed E-state index contributed by atoms with van der Waals surface area (Å²) in [5.74, 6) is -0.153. The summed E-state index contributed by atoms with van der Waals surface area (Å²) < 4.78 is 19.6. The summed E-state index contributed by atoms with van der Waals surface area (Å²) in [6, 6.07) is 5.36. The van der Waals surface area contributed by atoms with E-state index in [1.54, 1.807) is 12.1 Å². The molecule has 0 aliphatic carbocycles. The molecule has 1 aliphatic rings. The quantitative estimate of drug-likeness (QED) is 0.781. The second kappa shape index (κ2) is 8.35. The van der Waals surface area contributed by atoms with E-state index in [1.807, 2.05) is 6.92 Å². The van der Waals surface area contributed by atoms with Crippen molar-refractivity contribution in [3.8, 4) is 0 Å². The van der Waals surface area contributed by atoms with Crippen molar-refractivity contribution in [2.75, 3.05) is 31.1 Å². The maximum atomic E-state index is 13.9. The van der Waals surface area contributed by atoms with Crippen LogP contribution in [0, 0.1) is 5.82 Å². The highest BCUT2D eigenvalue weighted by Gasteiger charge is 2.20. The van der Waals surface area contributed by atoms with Crippen LogP contribution >= 0.6 is 0 Å². The van der Waals surface area contributed by atoms with Crippen molar-refractivity contribution in [3.05, 3.63) is 29.6 Å². The van der Waals surface area contributed by atoms with Crippen LogP contribution in [-0.2, 0) is 11.3 Å². The van der Waals surface area contributed by atoms with Gasteiger partial charge in [-0.2, -0.15) is 0 Å². The average Bonchev–Trinajstić information content (AvgIpc) is 2.48. The van der Waals surface area contributed by atoms with Crippen LogP contribution in [0.4, 0.5) is 10.1 Å². The summed E-state index contributed by atoms with van der Waals surface area (Å²) in [4.78, 5) is 2.25. The van der Waals surface area contributed by atoms with Gasteiger partial charge in [0.2, 0.25) is 0 Å². The van der Waals surface area contributed by atoms with Gasteiger partial charge in [0.1, 0.15) is 5.82 Å². The van der Waals surface area contributed by atoms with Gasteiger partial charge in [0, 0.05) is 31.9 Å². The minimum atomic E-state index is -0.153. The van der Waals surface area contributed by atoms with Crippen LogP contribution in [-0.4, -0.2) is 32.3 Å². The number of hydrogen-bond acceptors (Lipinski definition) is 3. The molecule has 1 fully saturated rings. The molecule has 1 atom stereocenters. The van der Waals surface area contributed by atoms with Crippen LogP contribution in [0.3, 0.4) is 0 Å². The molecule has 1 unspecified atom stereocenters. The molecule has 0 bridgehead atoms. The number of hydrogen-bond donors (Lipinski definition) is 1. The summed E-state index contributed by atoms with van der Waals surface area (Å²) in [5.41, 5.74) is 1.99. The van der Waals surface area contributed by atoms with Crippen LogP contribution in [0.15, 0.2) is 18.2 Å². The Hall–Kier alpha value is -1.13. The standard InChI is InChI=1S/C17H27FN2O/c1-3-7-19-12-14-9-15(18)11-16(10-14)20-8-5-6-17(13-20)21-4-2/h9-11,17,19H,3-8,12-13H2,1-2H3. The summed E-state index contributed by atoms with van der Waals surface area (Å²) >= 11 is 0. The van der Waals surface area contributed by atoms with Gasteiger partial charge in [-0.1, -0.05) is 6.92 Å². The topological polar surface area (TPSA) is 24.5 Å². The fourth-order valence-electron chi connectivity index (χ4n) is 2.87. The van der Waals surface area contributed by atoms with Gasteiger partial charge in [0.15, 0.2) is 0 Å². The van der Waals surface area contributed by atoms with Crippen molar-refractivity contribution in [2.24, 2.45) is 0 Å². The van der Waals surface area contributed by atoms with Crippen LogP contribution in [0.25, 0.3) is 0 Å². The number of halogens is 1. The van der Waals surface area contributed by atoms with Crippen molar-refractivity contribution in [1.29, 1.82) is 0 Å². The molecule has 0 aromatic heterocycles. The normalized spacial score (nSPS) is 19.0. The van der Waals surface area contributed by atoms with E-state index in [0.29, 0.717) is 0 Å². The molecule has 1 N–H and O–H groups in total. The molecule has 2 rings (SSSR count). The SMILES string of the molecule is CCCNCc1cc(F)cc(N2CCCC(OCC)C2)c1. The predicted molar refractivity (Wildman–Crippen MR) is 85.3 cm³/mol. The lowest BCUT2D eigenvalue weighted by Crippen LogP contribution is -2.39. The number of ether oxygens (including phenoxy) is 1. The van der Waals surface area contributed by atoms with E-state index < -0.39 is 0 Å². The van der Waals surface area contributed by atoms with Gasteiger partial charge in [0.25, 0.3) is 0 Å². The zero-order valence-electron chi connectivity index (χ0n) is 13.2. The third-order valence-corrected chi connectivity index (χ3v) is 3.84. The first-order valence-electron chi connectivity index (χ1n) is 8.09. The molecule has 0 spiro atoms. The second-order valence-electron chi connectivity index (χ2n) is 5.66. The van der Waals surface area contributed by atoms with Crippen LogP contribution in [0.5, 0.6) is 0 Å². The zero-order chi connectivity index (χ0) is 15.1. The minimum Gasteiger partial charge on any atom is -0.377 e. The van der Waals surface area contributed by atoms with Crippen molar-refractivity contribution < 1.29 is 9.13 Å². The second-order valence-corrected chi connectivity index (χ2v) is 5.66. The molecule has 1 aromatic rings. The molecule has 1 aromatic carbocycles. The Labute approximate surface area is 127 Å². The summed E-state index contributed by atoms with van der Waals surface area (Å²) in [5, 5.41) is 3.33.